The van der Waals surface area contributed by atoms with Crippen LogP contribution in [0.3, 0.4) is 0 Å². The molecule has 24 heavy (non-hydrogen) atoms. The summed E-state index contributed by atoms with van der Waals surface area (Å²) in [5.74, 6) is 0.0316. The third-order valence-corrected chi connectivity index (χ3v) is 4.28. The standard InChI is InChI=1S/C17H20N4O3/c1-2-5-16-15(17(22)19-10-3-4-11-19)12-18-20(16)13-6-8-14(9-7-13)21(23)24/h6-9,12H,2-5,10-11H2,1H3. The molecule has 2 aromatic rings. The van der Waals surface area contributed by atoms with Crippen molar-refractivity contribution in [3.63, 3.8) is 0 Å². The third-order valence-electron chi connectivity index (χ3n) is 4.28. The Kier molecular flexibility index (Phi) is 4.59. The minimum absolute atomic E-state index is 0.0316. The molecule has 1 aliphatic heterocycles. The lowest BCUT2D eigenvalue weighted by Crippen LogP contribution is -2.28. The number of carbonyl (C=O) groups is 1. The smallest absolute Gasteiger partial charge is 0.269 e. The first-order chi connectivity index (χ1) is 11.6. The molecule has 1 amide bonds. The quantitative estimate of drug-likeness (QED) is 0.624. The SMILES string of the molecule is CCCc1c(C(=O)N2CCCC2)cnn1-c1ccc([N+](=O)[O-])cc1. The lowest BCUT2D eigenvalue weighted by atomic mass is 10.1. The number of nitrogens with zero attached hydrogens (tertiary/aromatic N) is 4. The molecule has 1 fully saturated rings. The Balaban J connectivity index is 1.96. The summed E-state index contributed by atoms with van der Waals surface area (Å²) in [4.78, 5) is 24.9. The van der Waals surface area contributed by atoms with Crippen molar-refractivity contribution in [3.8, 4) is 5.69 Å². The summed E-state index contributed by atoms with van der Waals surface area (Å²) in [6.45, 7) is 3.65. The zero-order valence-electron chi connectivity index (χ0n) is 13.6. The maximum atomic E-state index is 12.7. The van der Waals surface area contributed by atoms with E-state index in [-0.39, 0.29) is 11.6 Å². The van der Waals surface area contributed by atoms with Gasteiger partial charge in [-0.15, -0.1) is 0 Å². The molecule has 0 aliphatic carbocycles. The Bertz CT molecular complexity index is 746. The number of likely N-dealkylation sites (tertiary alicyclic amines) is 1. The summed E-state index contributed by atoms with van der Waals surface area (Å²) in [7, 11) is 0. The van der Waals surface area contributed by atoms with Crippen LogP contribution in [0.25, 0.3) is 5.69 Å². The Morgan fingerprint density at radius 3 is 2.50 bits per heavy atom. The van der Waals surface area contributed by atoms with Crippen LogP contribution in [0.4, 0.5) is 5.69 Å². The fourth-order valence-electron chi connectivity index (χ4n) is 3.06. The van der Waals surface area contributed by atoms with E-state index >= 15 is 0 Å². The fourth-order valence-corrected chi connectivity index (χ4v) is 3.06. The maximum absolute atomic E-state index is 12.7. The fraction of sp³-hybridized carbons (Fsp3) is 0.412. The molecule has 1 aromatic carbocycles. The van der Waals surface area contributed by atoms with Gasteiger partial charge in [0.1, 0.15) is 0 Å². The number of amides is 1. The average molecular weight is 328 g/mol. The van der Waals surface area contributed by atoms with Crippen molar-refractivity contribution in [2.75, 3.05) is 13.1 Å². The molecular weight excluding hydrogens is 308 g/mol. The summed E-state index contributed by atoms with van der Waals surface area (Å²) in [6, 6.07) is 6.23. The summed E-state index contributed by atoms with van der Waals surface area (Å²) in [5, 5.41) is 15.2. The van der Waals surface area contributed by atoms with Gasteiger partial charge < -0.3 is 4.90 Å². The van der Waals surface area contributed by atoms with Gasteiger partial charge in [0.25, 0.3) is 11.6 Å². The molecule has 2 heterocycles. The normalized spacial score (nSPS) is 14.1. The zero-order valence-corrected chi connectivity index (χ0v) is 13.6. The molecule has 1 aliphatic rings. The van der Waals surface area contributed by atoms with E-state index in [1.54, 1.807) is 23.0 Å². The Hall–Kier alpha value is -2.70. The Morgan fingerprint density at radius 2 is 1.92 bits per heavy atom. The van der Waals surface area contributed by atoms with Crippen molar-refractivity contribution in [3.05, 3.63) is 51.8 Å². The van der Waals surface area contributed by atoms with Gasteiger partial charge in [0.2, 0.25) is 0 Å². The molecule has 0 unspecified atom stereocenters. The molecule has 7 heteroatoms. The van der Waals surface area contributed by atoms with E-state index in [9.17, 15) is 14.9 Å². The van der Waals surface area contributed by atoms with Gasteiger partial charge in [-0.3, -0.25) is 14.9 Å². The van der Waals surface area contributed by atoms with Crippen LogP contribution in [0.1, 0.15) is 42.2 Å². The summed E-state index contributed by atoms with van der Waals surface area (Å²) in [6.07, 6.45) is 5.33. The molecule has 7 nitrogen and oxygen atoms in total. The zero-order chi connectivity index (χ0) is 17.1. The second-order valence-corrected chi connectivity index (χ2v) is 5.94. The van der Waals surface area contributed by atoms with E-state index < -0.39 is 4.92 Å². The number of nitro groups is 1. The highest BCUT2D eigenvalue weighted by molar-refractivity contribution is 5.95. The van der Waals surface area contributed by atoms with Gasteiger partial charge in [0, 0.05) is 25.2 Å². The number of carbonyl (C=O) groups excluding carboxylic acids is 1. The molecule has 3 rings (SSSR count). The van der Waals surface area contributed by atoms with E-state index in [1.807, 2.05) is 4.90 Å². The molecule has 1 saturated heterocycles. The Labute approximate surface area is 140 Å². The third kappa shape index (κ3) is 3.02. The lowest BCUT2D eigenvalue weighted by Gasteiger charge is -2.16. The number of hydrogen-bond acceptors (Lipinski definition) is 4. The van der Waals surface area contributed by atoms with Crippen LogP contribution in [0.2, 0.25) is 0 Å². The lowest BCUT2D eigenvalue weighted by molar-refractivity contribution is -0.384. The molecule has 1 aromatic heterocycles. The van der Waals surface area contributed by atoms with E-state index in [0.717, 1.165) is 50.2 Å². The highest BCUT2D eigenvalue weighted by atomic mass is 16.6. The molecule has 0 N–H and O–H groups in total. The van der Waals surface area contributed by atoms with Gasteiger partial charge in [0.15, 0.2) is 0 Å². The maximum Gasteiger partial charge on any atom is 0.269 e. The predicted octanol–water partition coefficient (Wildman–Crippen LogP) is 2.97. The van der Waals surface area contributed by atoms with Crippen LogP contribution in [-0.4, -0.2) is 38.6 Å². The molecule has 0 atom stereocenters. The van der Waals surface area contributed by atoms with Crippen molar-refractivity contribution in [1.29, 1.82) is 0 Å². The number of nitro benzene ring substituents is 1. The number of non-ortho nitro benzene ring substituents is 1. The van der Waals surface area contributed by atoms with Gasteiger partial charge in [-0.1, -0.05) is 13.3 Å². The van der Waals surface area contributed by atoms with Crippen molar-refractivity contribution >= 4 is 11.6 Å². The Morgan fingerprint density at radius 1 is 1.25 bits per heavy atom. The topological polar surface area (TPSA) is 81.3 Å². The first kappa shape index (κ1) is 16.2. The van der Waals surface area contributed by atoms with Crippen molar-refractivity contribution in [2.45, 2.75) is 32.6 Å². The van der Waals surface area contributed by atoms with Gasteiger partial charge in [-0.05, 0) is 31.4 Å². The molecule has 0 saturated carbocycles. The summed E-state index contributed by atoms with van der Waals surface area (Å²) < 4.78 is 1.72. The predicted molar refractivity (Wildman–Crippen MR) is 89.4 cm³/mol. The molecule has 0 bridgehead atoms. The van der Waals surface area contributed by atoms with E-state index in [4.69, 9.17) is 0 Å². The average Bonchev–Trinajstić information content (AvgIpc) is 3.25. The first-order valence-electron chi connectivity index (χ1n) is 8.23. The number of benzene rings is 1. The van der Waals surface area contributed by atoms with Crippen LogP contribution >= 0.6 is 0 Å². The van der Waals surface area contributed by atoms with E-state index in [0.29, 0.717) is 5.56 Å². The highest BCUT2D eigenvalue weighted by Gasteiger charge is 2.24. The van der Waals surface area contributed by atoms with Crippen LogP contribution in [0, 0.1) is 10.1 Å². The van der Waals surface area contributed by atoms with Crippen LogP contribution in [-0.2, 0) is 6.42 Å². The first-order valence-corrected chi connectivity index (χ1v) is 8.23. The van der Waals surface area contributed by atoms with Gasteiger partial charge >= 0.3 is 0 Å². The summed E-state index contributed by atoms with van der Waals surface area (Å²) >= 11 is 0. The monoisotopic (exact) mass is 328 g/mol. The van der Waals surface area contributed by atoms with Crippen LogP contribution in [0.15, 0.2) is 30.5 Å². The molecule has 0 spiro atoms. The highest BCUT2D eigenvalue weighted by Crippen LogP contribution is 2.22. The van der Waals surface area contributed by atoms with E-state index in [1.165, 1.54) is 12.1 Å². The van der Waals surface area contributed by atoms with Crippen LogP contribution in [0.5, 0.6) is 0 Å². The molecule has 126 valence electrons. The van der Waals surface area contributed by atoms with Gasteiger partial charge in [0.05, 0.1) is 28.1 Å². The molecular formula is C17H20N4O3. The minimum atomic E-state index is -0.428. The number of aromatic nitrogens is 2. The number of rotatable bonds is 5. The second kappa shape index (κ2) is 6.82. The molecule has 0 radical (unpaired) electrons. The number of hydrogen-bond donors (Lipinski definition) is 0. The summed E-state index contributed by atoms with van der Waals surface area (Å²) in [5.41, 5.74) is 2.26. The van der Waals surface area contributed by atoms with Crippen molar-refractivity contribution < 1.29 is 9.72 Å². The van der Waals surface area contributed by atoms with E-state index in [2.05, 4.69) is 12.0 Å². The van der Waals surface area contributed by atoms with Gasteiger partial charge in [-0.2, -0.15) is 5.10 Å². The second-order valence-electron chi connectivity index (χ2n) is 5.94. The van der Waals surface area contributed by atoms with Crippen molar-refractivity contribution in [2.24, 2.45) is 0 Å². The van der Waals surface area contributed by atoms with Gasteiger partial charge in [-0.25, -0.2) is 4.68 Å². The van der Waals surface area contributed by atoms with Crippen LogP contribution < -0.4 is 0 Å². The minimum Gasteiger partial charge on any atom is -0.339 e. The largest absolute Gasteiger partial charge is 0.339 e. The van der Waals surface area contributed by atoms with Crippen molar-refractivity contribution in [1.82, 2.24) is 14.7 Å².